The van der Waals surface area contributed by atoms with Crippen molar-refractivity contribution < 1.29 is 14.6 Å². The number of H-pyrrole nitrogens is 2. The lowest BCUT2D eigenvalue weighted by atomic mass is 10.0. The third-order valence-corrected chi connectivity index (χ3v) is 4.74. The molecule has 0 aliphatic heterocycles. The van der Waals surface area contributed by atoms with Crippen LogP contribution in [0.2, 0.25) is 0 Å². The van der Waals surface area contributed by atoms with Gasteiger partial charge in [0, 0.05) is 32.6 Å². The maximum Gasteiger partial charge on any atom is 0.340 e. The van der Waals surface area contributed by atoms with Crippen LogP contribution in [0.15, 0.2) is 48.5 Å². The summed E-state index contributed by atoms with van der Waals surface area (Å²) in [5.74, 6) is -0.208. The minimum Gasteiger partial charge on any atom is -0.508 e. The summed E-state index contributed by atoms with van der Waals surface area (Å²) >= 11 is 0. The molecule has 25 heavy (non-hydrogen) atoms. The number of phenols is 1. The highest BCUT2D eigenvalue weighted by molar-refractivity contribution is 6.28. The van der Waals surface area contributed by atoms with Crippen LogP contribution in [0.5, 0.6) is 5.75 Å². The van der Waals surface area contributed by atoms with E-state index in [0.29, 0.717) is 5.56 Å². The maximum atomic E-state index is 12.4. The SMILES string of the molecule is COC(=O)c1cc2c3cc(O)ccc3[nH]c2c2c1[nH]c1ccccc12. The van der Waals surface area contributed by atoms with E-state index in [-0.39, 0.29) is 5.75 Å². The topological polar surface area (TPSA) is 78.1 Å². The van der Waals surface area contributed by atoms with E-state index in [1.165, 1.54) is 7.11 Å². The standard InChI is InChI=1S/C20H14N2O3/c1-25-20(24)14-9-13-12-8-10(23)6-7-16(12)22-18(13)17-11-4-2-3-5-15(11)21-19(14)17/h2-9,21-23H,1H3. The number of carbonyl (C=O) groups is 1. The van der Waals surface area contributed by atoms with Crippen molar-refractivity contribution in [1.82, 2.24) is 9.97 Å². The number of methoxy groups -OCH3 is 1. The van der Waals surface area contributed by atoms with Crippen molar-refractivity contribution in [2.45, 2.75) is 0 Å². The second-order valence-corrected chi connectivity index (χ2v) is 6.11. The number of hydrogen-bond acceptors (Lipinski definition) is 3. The van der Waals surface area contributed by atoms with E-state index in [9.17, 15) is 9.90 Å². The van der Waals surface area contributed by atoms with E-state index in [1.807, 2.05) is 36.4 Å². The predicted octanol–water partition coefficient (Wildman–Crippen LogP) is 4.45. The van der Waals surface area contributed by atoms with Gasteiger partial charge < -0.3 is 19.8 Å². The van der Waals surface area contributed by atoms with Gasteiger partial charge in [0.1, 0.15) is 5.75 Å². The van der Waals surface area contributed by atoms with E-state index in [4.69, 9.17) is 4.74 Å². The molecule has 0 unspecified atom stereocenters. The summed E-state index contributed by atoms with van der Waals surface area (Å²) < 4.78 is 4.98. The molecule has 0 spiro atoms. The van der Waals surface area contributed by atoms with Crippen LogP contribution >= 0.6 is 0 Å². The number of para-hydroxylation sites is 1. The van der Waals surface area contributed by atoms with E-state index in [1.54, 1.807) is 12.1 Å². The van der Waals surface area contributed by atoms with Crippen LogP contribution < -0.4 is 0 Å². The van der Waals surface area contributed by atoms with Crippen molar-refractivity contribution in [2.75, 3.05) is 7.11 Å². The quantitative estimate of drug-likeness (QED) is 0.397. The Morgan fingerprint density at radius 3 is 2.52 bits per heavy atom. The highest BCUT2D eigenvalue weighted by Gasteiger charge is 2.20. The lowest BCUT2D eigenvalue weighted by molar-refractivity contribution is 0.0603. The van der Waals surface area contributed by atoms with Gasteiger partial charge >= 0.3 is 5.97 Å². The third kappa shape index (κ3) is 1.80. The minimum absolute atomic E-state index is 0.187. The number of fused-ring (bicyclic) bond motifs is 7. The van der Waals surface area contributed by atoms with Gasteiger partial charge in [-0.05, 0) is 30.3 Å². The molecule has 5 nitrogen and oxygen atoms in total. The Bertz CT molecular complexity index is 1310. The summed E-state index contributed by atoms with van der Waals surface area (Å²) in [6, 6.07) is 14.9. The first-order valence-electron chi connectivity index (χ1n) is 7.93. The number of aromatic amines is 2. The van der Waals surface area contributed by atoms with Crippen LogP contribution in [0.3, 0.4) is 0 Å². The van der Waals surface area contributed by atoms with Crippen molar-refractivity contribution in [2.24, 2.45) is 0 Å². The second-order valence-electron chi connectivity index (χ2n) is 6.11. The van der Waals surface area contributed by atoms with Gasteiger partial charge in [-0.1, -0.05) is 18.2 Å². The van der Waals surface area contributed by atoms with E-state index < -0.39 is 5.97 Å². The van der Waals surface area contributed by atoms with Crippen LogP contribution in [-0.2, 0) is 4.74 Å². The normalized spacial score (nSPS) is 11.7. The molecular weight excluding hydrogens is 316 g/mol. The first-order chi connectivity index (χ1) is 12.2. The summed E-state index contributed by atoms with van der Waals surface area (Å²) in [4.78, 5) is 19.1. The number of ether oxygens (including phenoxy) is 1. The van der Waals surface area contributed by atoms with Crippen molar-refractivity contribution in [3.05, 3.63) is 54.1 Å². The molecule has 0 saturated carbocycles. The average Bonchev–Trinajstić information content (AvgIpc) is 3.18. The van der Waals surface area contributed by atoms with Crippen LogP contribution in [0.1, 0.15) is 10.4 Å². The number of carbonyl (C=O) groups excluding carboxylic acids is 1. The number of benzene rings is 3. The molecule has 5 aromatic rings. The maximum absolute atomic E-state index is 12.4. The van der Waals surface area contributed by atoms with Crippen LogP contribution in [0.25, 0.3) is 43.6 Å². The van der Waals surface area contributed by atoms with Gasteiger partial charge in [0.2, 0.25) is 0 Å². The molecule has 5 rings (SSSR count). The molecule has 0 aliphatic rings. The Kier molecular flexibility index (Phi) is 2.65. The van der Waals surface area contributed by atoms with E-state index >= 15 is 0 Å². The van der Waals surface area contributed by atoms with Crippen molar-refractivity contribution in [3.63, 3.8) is 0 Å². The highest BCUT2D eigenvalue weighted by Crippen LogP contribution is 2.38. The number of rotatable bonds is 1. The molecule has 0 atom stereocenters. The van der Waals surface area contributed by atoms with E-state index in [0.717, 1.165) is 43.6 Å². The van der Waals surface area contributed by atoms with Gasteiger partial charge in [-0.15, -0.1) is 0 Å². The molecular formula is C20H14N2O3. The third-order valence-electron chi connectivity index (χ3n) is 4.74. The van der Waals surface area contributed by atoms with Crippen LogP contribution in [-0.4, -0.2) is 28.2 Å². The highest BCUT2D eigenvalue weighted by atomic mass is 16.5. The lowest BCUT2D eigenvalue weighted by Gasteiger charge is -2.03. The molecule has 5 heteroatoms. The Morgan fingerprint density at radius 2 is 1.68 bits per heavy atom. The van der Waals surface area contributed by atoms with Crippen molar-refractivity contribution >= 4 is 49.6 Å². The van der Waals surface area contributed by atoms with Gasteiger partial charge in [-0.2, -0.15) is 0 Å². The fourth-order valence-corrected chi connectivity index (χ4v) is 3.64. The Labute approximate surface area is 141 Å². The zero-order valence-electron chi connectivity index (χ0n) is 13.4. The zero-order valence-corrected chi connectivity index (χ0v) is 13.4. The number of aromatic hydroxyl groups is 1. The lowest BCUT2D eigenvalue weighted by Crippen LogP contribution is -2.02. The number of phenolic OH excluding ortho intramolecular Hbond substituents is 1. The monoisotopic (exact) mass is 330 g/mol. The second kappa shape index (κ2) is 4.77. The van der Waals surface area contributed by atoms with Gasteiger partial charge in [0.05, 0.1) is 23.7 Å². The molecule has 122 valence electrons. The fraction of sp³-hybridized carbons (Fsp3) is 0.0500. The summed E-state index contributed by atoms with van der Waals surface area (Å²) in [7, 11) is 1.38. The van der Waals surface area contributed by atoms with Gasteiger partial charge in [-0.25, -0.2) is 4.79 Å². The molecule has 3 N–H and O–H groups in total. The first kappa shape index (κ1) is 13.9. The molecule has 2 aromatic heterocycles. The average molecular weight is 330 g/mol. The summed E-state index contributed by atoms with van der Waals surface area (Å²) in [6.45, 7) is 0. The fourth-order valence-electron chi connectivity index (χ4n) is 3.64. The minimum atomic E-state index is -0.395. The van der Waals surface area contributed by atoms with Gasteiger partial charge in [-0.3, -0.25) is 0 Å². The summed E-state index contributed by atoms with van der Waals surface area (Å²) in [5, 5.41) is 13.6. The number of nitrogens with one attached hydrogen (secondary N) is 2. The zero-order chi connectivity index (χ0) is 17.1. The predicted molar refractivity (Wildman–Crippen MR) is 98.2 cm³/mol. The smallest absolute Gasteiger partial charge is 0.340 e. The van der Waals surface area contributed by atoms with Crippen LogP contribution in [0.4, 0.5) is 0 Å². The summed E-state index contributed by atoms with van der Waals surface area (Å²) in [6.07, 6.45) is 0. The number of hydrogen-bond donors (Lipinski definition) is 3. The number of esters is 1. The summed E-state index contributed by atoms with van der Waals surface area (Å²) in [5.41, 5.74) is 4.01. The Balaban J connectivity index is 2.09. The van der Waals surface area contributed by atoms with Gasteiger partial charge in [0.25, 0.3) is 0 Å². The number of aromatic nitrogens is 2. The molecule has 0 saturated heterocycles. The Morgan fingerprint density at radius 1 is 0.920 bits per heavy atom. The first-order valence-corrected chi connectivity index (χ1v) is 7.93. The van der Waals surface area contributed by atoms with Crippen molar-refractivity contribution in [1.29, 1.82) is 0 Å². The Hall–Kier alpha value is -3.47. The molecule has 0 fully saturated rings. The molecule has 0 aliphatic carbocycles. The van der Waals surface area contributed by atoms with Crippen LogP contribution in [0, 0.1) is 0 Å². The van der Waals surface area contributed by atoms with E-state index in [2.05, 4.69) is 9.97 Å². The van der Waals surface area contributed by atoms with Crippen molar-refractivity contribution in [3.8, 4) is 5.75 Å². The molecule has 0 radical (unpaired) electrons. The molecule has 3 aromatic carbocycles. The molecule has 2 heterocycles. The molecule has 0 amide bonds. The largest absolute Gasteiger partial charge is 0.508 e. The van der Waals surface area contributed by atoms with Gasteiger partial charge in [0.15, 0.2) is 0 Å². The molecule has 0 bridgehead atoms.